The van der Waals surface area contributed by atoms with Crippen LogP contribution in [0.1, 0.15) is 5.56 Å². The summed E-state index contributed by atoms with van der Waals surface area (Å²) in [5.41, 5.74) is 0.507. The van der Waals surface area contributed by atoms with Crippen molar-refractivity contribution in [2.24, 2.45) is 0 Å². The van der Waals surface area contributed by atoms with Gasteiger partial charge < -0.3 is 9.47 Å². The van der Waals surface area contributed by atoms with Gasteiger partial charge in [0.05, 0.1) is 14.2 Å². The summed E-state index contributed by atoms with van der Waals surface area (Å²) < 4.78 is 10.2. The van der Waals surface area contributed by atoms with Crippen molar-refractivity contribution in [3.05, 3.63) is 29.3 Å². The molecule has 0 aliphatic rings. The average Bonchev–Trinajstić information content (AvgIpc) is 2.35. The van der Waals surface area contributed by atoms with E-state index in [4.69, 9.17) is 26.3 Å². The highest BCUT2D eigenvalue weighted by atomic mass is 35.5. The van der Waals surface area contributed by atoms with Gasteiger partial charge >= 0.3 is 0 Å². The predicted octanol–water partition coefficient (Wildman–Crippen LogP) is 2.38. The van der Waals surface area contributed by atoms with Crippen molar-refractivity contribution in [1.82, 2.24) is 0 Å². The molecule has 0 spiro atoms. The number of methoxy groups -OCH3 is 2. The number of rotatable bonds is 4. The lowest BCUT2D eigenvalue weighted by Crippen LogP contribution is -1.92. The van der Waals surface area contributed by atoms with Gasteiger partial charge in [0.2, 0.25) is 0 Å². The Kier molecular flexibility index (Phi) is 4.56. The molecule has 0 aliphatic heterocycles. The largest absolute Gasteiger partial charge is 0.493 e. The van der Waals surface area contributed by atoms with Crippen molar-refractivity contribution >= 4 is 22.9 Å². The van der Waals surface area contributed by atoms with E-state index in [9.17, 15) is 4.79 Å². The quantitative estimate of drug-likeness (QED) is 0.468. The molecule has 0 atom stereocenters. The molecule has 0 aliphatic carbocycles. The second kappa shape index (κ2) is 5.92. The molecule has 0 amide bonds. The highest BCUT2D eigenvalue weighted by Crippen LogP contribution is 2.28. The van der Waals surface area contributed by atoms with Crippen LogP contribution in [0.25, 0.3) is 6.08 Å². The third-order valence-corrected chi connectivity index (χ3v) is 2.25. The lowest BCUT2D eigenvalue weighted by Gasteiger charge is -2.07. The summed E-state index contributed by atoms with van der Waals surface area (Å²) in [5, 5.41) is 7.92. The first-order valence-electron chi connectivity index (χ1n) is 4.66. The summed E-state index contributed by atoms with van der Waals surface area (Å²) in [5.74, 6) is 1.08. The standard InChI is InChI=1S/C12H10ClNO3/c1-16-10-4-3-8(6-11(10)17-2)5-9(7-14)12(13)15/h3-6H,1-2H3/b9-5-. The molecule has 0 N–H and O–H groups in total. The molecule has 0 saturated heterocycles. The summed E-state index contributed by atoms with van der Waals surface area (Å²) in [7, 11) is 3.03. The van der Waals surface area contributed by atoms with E-state index >= 15 is 0 Å². The summed E-state index contributed by atoms with van der Waals surface area (Å²) >= 11 is 5.24. The number of ether oxygens (including phenoxy) is 2. The fourth-order valence-electron chi connectivity index (χ4n) is 1.24. The Morgan fingerprint density at radius 2 is 2.00 bits per heavy atom. The fourth-order valence-corrected chi connectivity index (χ4v) is 1.34. The SMILES string of the molecule is COc1ccc(/C=C(/C#N)C(=O)Cl)cc1OC. The minimum Gasteiger partial charge on any atom is -0.493 e. The van der Waals surface area contributed by atoms with Crippen LogP contribution < -0.4 is 9.47 Å². The van der Waals surface area contributed by atoms with Crippen LogP contribution >= 0.6 is 11.6 Å². The highest BCUT2D eigenvalue weighted by molar-refractivity contribution is 6.68. The first kappa shape index (κ1) is 13.1. The van der Waals surface area contributed by atoms with Crippen molar-refractivity contribution in [2.75, 3.05) is 14.2 Å². The molecule has 1 rings (SSSR count). The molecule has 1 aromatic carbocycles. The zero-order valence-electron chi connectivity index (χ0n) is 9.36. The van der Waals surface area contributed by atoms with Crippen LogP contribution in [0.15, 0.2) is 23.8 Å². The normalized spacial score (nSPS) is 10.6. The fraction of sp³-hybridized carbons (Fsp3) is 0.167. The van der Waals surface area contributed by atoms with E-state index in [0.717, 1.165) is 0 Å². The maximum Gasteiger partial charge on any atom is 0.262 e. The Labute approximate surface area is 104 Å². The lowest BCUT2D eigenvalue weighted by molar-refractivity contribution is -0.108. The first-order chi connectivity index (χ1) is 8.12. The molecule has 0 unspecified atom stereocenters. The Morgan fingerprint density at radius 1 is 1.35 bits per heavy atom. The van der Waals surface area contributed by atoms with Crippen LogP contribution in [-0.2, 0) is 4.79 Å². The molecule has 0 fully saturated rings. The van der Waals surface area contributed by atoms with Crippen molar-refractivity contribution in [1.29, 1.82) is 5.26 Å². The van der Waals surface area contributed by atoms with E-state index in [-0.39, 0.29) is 5.57 Å². The molecule has 0 saturated carbocycles. The molecule has 17 heavy (non-hydrogen) atoms. The zero-order valence-corrected chi connectivity index (χ0v) is 10.1. The predicted molar refractivity (Wildman–Crippen MR) is 64.0 cm³/mol. The summed E-state index contributed by atoms with van der Waals surface area (Å²) in [6, 6.07) is 6.74. The topological polar surface area (TPSA) is 59.3 Å². The molecule has 88 valence electrons. The summed E-state index contributed by atoms with van der Waals surface area (Å²) in [6.07, 6.45) is 1.39. The van der Waals surface area contributed by atoms with E-state index in [2.05, 4.69) is 0 Å². The maximum atomic E-state index is 10.9. The smallest absolute Gasteiger partial charge is 0.262 e. The molecule has 4 nitrogen and oxygen atoms in total. The summed E-state index contributed by atoms with van der Waals surface area (Å²) in [4.78, 5) is 10.9. The summed E-state index contributed by atoms with van der Waals surface area (Å²) in [6.45, 7) is 0. The monoisotopic (exact) mass is 251 g/mol. The van der Waals surface area contributed by atoms with Gasteiger partial charge in [0, 0.05) is 0 Å². The van der Waals surface area contributed by atoms with Gasteiger partial charge in [-0.2, -0.15) is 5.26 Å². The van der Waals surface area contributed by atoms with Gasteiger partial charge in [-0.1, -0.05) is 6.07 Å². The molecule has 0 aromatic heterocycles. The molecule has 0 bridgehead atoms. The Bertz CT molecular complexity index is 503. The van der Waals surface area contributed by atoms with Crippen LogP contribution in [0.5, 0.6) is 11.5 Å². The van der Waals surface area contributed by atoms with Crippen LogP contribution in [0.4, 0.5) is 0 Å². The Hall–Kier alpha value is -1.99. The van der Waals surface area contributed by atoms with Gasteiger partial charge in [-0.15, -0.1) is 0 Å². The third-order valence-electron chi connectivity index (χ3n) is 2.05. The number of allylic oxidation sites excluding steroid dienone is 1. The van der Waals surface area contributed by atoms with Crippen LogP contribution in [0.3, 0.4) is 0 Å². The zero-order chi connectivity index (χ0) is 12.8. The molecule has 1 aromatic rings. The van der Waals surface area contributed by atoms with Crippen molar-refractivity contribution in [3.63, 3.8) is 0 Å². The number of carbonyl (C=O) groups is 1. The minimum atomic E-state index is -0.790. The molecular formula is C12H10ClNO3. The van der Waals surface area contributed by atoms with Crippen molar-refractivity contribution in [3.8, 4) is 17.6 Å². The van der Waals surface area contributed by atoms with Crippen LogP contribution in [0, 0.1) is 11.3 Å². The van der Waals surface area contributed by atoms with Gasteiger partial charge in [-0.25, -0.2) is 0 Å². The van der Waals surface area contributed by atoms with Gasteiger partial charge in [-0.05, 0) is 35.4 Å². The molecular weight excluding hydrogens is 242 g/mol. The number of nitriles is 1. The number of carbonyl (C=O) groups excluding carboxylic acids is 1. The maximum absolute atomic E-state index is 10.9. The first-order valence-corrected chi connectivity index (χ1v) is 5.03. The van der Waals surface area contributed by atoms with E-state index in [1.807, 2.05) is 0 Å². The number of nitrogens with zero attached hydrogens (tertiary/aromatic N) is 1. The van der Waals surface area contributed by atoms with Crippen LogP contribution in [0.2, 0.25) is 0 Å². The van der Waals surface area contributed by atoms with Crippen molar-refractivity contribution < 1.29 is 14.3 Å². The second-order valence-electron chi connectivity index (χ2n) is 3.06. The number of hydrogen-bond donors (Lipinski definition) is 0. The van der Waals surface area contributed by atoms with E-state index in [1.165, 1.54) is 20.3 Å². The highest BCUT2D eigenvalue weighted by Gasteiger charge is 2.07. The molecule has 0 heterocycles. The van der Waals surface area contributed by atoms with Gasteiger partial charge in [0.15, 0.2) is 11.5 Å². The molecule has 0 radical (unpaired) electrons. The van der Waals surface area contributed by atoms with Gasteiger partial charge in [-0.3, -0.25) is 4.79 Å². The number of hydrogen-bond acceptors (Lipinski definition) is 4. The third kappa shape index (κ3) is 3.23. The van der Waals surface area contributed by atoms with E-state index in [1.54, 1.807) is 24.3 Å². The average molecular weight is 252 g/mol. The minimum absolute atomic E-state index is 0.126. The van der Waals surface area contributed by atoms with E-state index < -0.39 is 5.24 Å². The van der Waals surface area contributed by atoms with Gasteiger partial charge in [0.1, 0.15) is 11.6 Å². The van der Waals surface area contributed by atoms with Crippen LogP contribution in [-0.4, -0.2) is 19.5 Å². The number of halogens is 1. The van der Waals surface area contributed by atoms with Crippen molar-refractivity contribution in [2.45, 2.75) is 0 Å². The number of benzene rings is 1. The van der Waals surface area contributed by atoms with E-state index in [0.29, 0.717) is 17.1 Å². The van der Waals surface area contributed by atoms with Gasteiger partial charge in [0.25, 0.3) is 5.24 Å². The Morgan fingerprint density at radius 3 is 2.47 bits per heavy atom. The lowest BCUT2D eigenvalue weighted by atomic mass is 10.1. The molecule has 5 heteroatoms. The second-order valence-corrected chi connectivity index (χ2v) is 3.40. The Balaban J connectivity index is 3.17.